The van der Waals surface area contributed by atoms with E-state index in [9.17, 15) is 4.79 Å². The van der Waals surface area contributed by atoms with Gasteiger partial charge in [0.15, 0.2) is 0 Å². The van der Waals surface area contributed by atoms with Gasteiger partial charge in [0.25, 0.3) is 0 Å². The van der Waals surface area contributed by atoms with Crippen LogP contribution in [0.15, 0.2) is 18.2 Å². The van der Waals surface area contributed by atoms with E-state index in [-0.39, 0.29) is 5.91 Å². The van der Waals surface area contributed by atoms with Crippen molar-refractivity contribution in [1.82, 2.24) is 5.32 Å². The van der Waals surface area contributed by atoms with Gasteiger partial charge in [-0.25, -0.2) is 0 Å². The number of hydrogen-bond donors (Lipinski definition) is 1. The van der Waals surface area contributed by atoms with Crippen LogP contribution in [-0.4, -0.2) is 19.6 Å². The topological polar surface area (TPSA) is 38.3 Å². The quantitative estimate of drug-likeness (QED) is 0.811. The maximum absolute atomic E-state index is 10.8. The van der Waals surface area contributed by atoms with Crippen molar-refractivity contribution in [3.05, 3.63) is 29.3 Å². The minimum Gasteiger partial charge on any atom is -0.497 e. The summed E-state index contributed by atoms with van der Waals surface area (Å²) < 4.78 is 5.14. The third-order valence-corrected chi connectivity index (χ3v) is 2.46. The molecule has 0 spiro atoms. The summed E-state index contributed by atoms with van der Waals surface area (Å²) in [5.41, 5.74) is 3.53. The molecule has 0 aliphatic heterocycles. The van der Waals surface area contributed by atoms with Crippen molar-refractivity contribution in [2.45, 2.75) is 6.92 Å². The molecule has 78 valence electrons. The molecule has 0 radical (unpaired) electrons. The summed E-state index contributed by atoms with van der Waals surface area (Å²) in [6.07, 6.45) is 2.07. The van der Waals surface area contributed by atoms with Crippen molar-refractivity contribution in [2.75, 3.05) is 13.7 Å². The molecular weight excluding hydrogens is 190 g/mol. The predicted octanol–water partition coefficient (Wildman–Crippen LogP) is 1.69. The summed E-state index contributed by atoms with van der Waals surface area (Å²) >= 11 is 0. The van der Waals surface area contributed by atoms with Gasteiger partial charge in [0.05, 0.1) is 7.11 Å². The maximum Gasteiger partial charge on any atom is 0.217 e. The maximum atomic E-state index is 10.8. The Labute approximate surface area is 88.8 Å². The van der Waals surface area contributed by atoms with E-state index in [0.29, 0.717) is 6.54 Å². The molecule has 1 aliphatic rings. The second-order valence-electron chi connectivity index (χ2n) is 3.53. The monoisotopic (exact) mass is 203 g/mol. The van der Waals surface area contributed by atoms with E-state index in [4.69, 9.17) is 4.74 Å². The summed E-state index contributed by atoms with van der Waals surface area (Å²) in [7, 11) is 1.65. The van der Waals surface area contributed by atoms with Gasteiger partial charge in [-0.05, 0) is 34.9 Å². The molecule has 0 bridgehead atoms. The zero-order valence-electron chi connectivity index (χ0n) is 8.83. The fourth-order valence-electron chi connectivity index (χ4n) is 1.62. The van der Waals surface area contributed by atoms with Crippen molar-refractivity contribution >= 4 is 17.6 Å². The van der Waals surface area contributed by atoms with E-state index in [0.717, 1.165) is 11.3 Å². The first kappa shape index (κ1) is 9.77. The van der Waals surface area contributed by atoms with Gasteiger partial charge in [-0.3, -0.25) is 4.79 Å². The van der Waals surface area contributed by atoms with Crippen LogP contribution in [0.5, 0.6) is 5.75 Å². The molecule has 15 heavy (non-hydrogen) atoms. The van der Waals surface area contributed by atoms with Crippen molar-refractivity contribution in [2.24, 2.45) is 0 Å². The average molecular weight is 203 g/mol. The Morgan fingerprint density at radius 1 is 1.47 bits per heavy atom. The van der Waals surface area contributed by atoms with Crippen LogP contribution in [0.2, 0.25) is 0 Å². The summed E-state index contributed by atoms with van der Waals surface area (Å²) in [4.78, 5) is 10.8. The number of carbonyl (C=O) groups is 1. The van der Waals surface area contributed by atoms with Crippen molar-refractivity contribution < 1.29 is 9.53 Å². The van der Waals surface area contributed by atoms with Crippen LogP contribution in [0.25, 0.3) is 11.6 Å². The van der Waals surface area contributed by atoms with Crippen LogP contribution in [0.3, 0.4) is 0 Å². The smallest absolute Gasteiger partial charge is 0.217 e. The molecule has 0 fully saturated rings. The molecule has 0 saturated carbocycles. The normalized spacial score (nSPS) is 12.3. The second-order valence-corrected chi connectivity index (χ2v) is 3.53. The summed E-state index contributed by atoms with van der Waals surface area (Å²) in [5, 5.41) is 2.78. The highest BCUT2D eigenvalue weighted by Gasteiger charge is 2.16. The third kappa shape index (κ3) is 1.86. The molecule has 1 aromatic rings. The Bertz CT molecular complexity index is 435. The van der Waals surface area contributed by atoms with Crippen LogP contribution in [0.4, 0.5) is 0 Å². The number of benzene rings is 1. The number of fused-ring (bicyclic) bond motifs is 1. The lowest BCUT2D eigenvalue weighted by Crippen LogP contribution is -2.23. The molecule has 3 nitrogen and oxygen atoms in total. The van der Waals surface area contributed by atoms with Crippen LogP contribution >= 0.6 is 0 Å². The molecule has 1 aliphatic carbocycles. The molecule has 0 atom stereocenters. The fourth-order valence-corrected chi connectivity index (χ4v) is 1.62. The molecule has 1 aromatic carbocycles. The fraction of sp³-hybridized carbons (Fsp3) is 0.250. The van der Waals surface area contributed by atoms with Gasteiger partial charge in [0.1, 0.15) is 5.75 Å². The van der Waals surface area contributed by atoms with Gasteiger partial charge in [0.2, 0.25) is 5.91 Å². The minimum atomic E-state index is -0.00718. The summed E-state index contributed by atoms with van der Waals surface area (Å²) in [6.45, 7) is 2.11. The highest BCUT2D eigenvalue weighted by Crippen LogP contribution is 2.34. The highest BCUT2D eigenvalue weighted by molar-refractivity contribution is 5.97. The van der Waals surface area contributed by atoms with Crippen LogP contribution < -0.4 is 10.1 Å². The van der Waals surface area contributed by atoms with E-state index in [1.54, 1.807) is 7.11 Å². The SMILES string of the molecule is COc1ccc2c(c1)C(CNC(C)=O)=C2. The number of nitrogens with one attached hydrogen (secondary N) is 1. The van der Waals surface area contributed by atoms with Crippen molar-refractivity contribution in [1.29, 1.82) is 0 Å². The predicted molar refractivity (Wildman–Crippen MR) is 59.5 cm³/mol. The van der Waals surface area contributed by atoms with Crippen LogP contribution in [-0.2, 0) is 4.79 Å². The number of rotatable bonds is 3. The zero-order chi connectivity index (χ0) is 10.8. The van der Waals surface area contributed by atoms with Gasteiger partial charge < -0.3 is 10.1 Å². The lowest BCUT2D eigenvalue weighted by atomic mass is 9.88. The second kappa shape index (κ2) is 3.77. The highest BCUT2D eigenvalue weighted by atomic mass is 16.5. The van der Waals surface area contributed by atoms with Gasteiger partial charge in [-0.2, -0.15) is 0 Å². The van der Waals surface area contributed by atoms with E-state index in [1.807, 2.05) is 18.2 Å². The number of ether oxygens (including phenoxy) is 1. The first-order valence-corrected chi connectivity index (χ1v) is 4.84. The molecule has 1 amide bonds. The van der Waals surface area contributed by atoms with Gasteiger partial charge in [-0.1, -0.05) is 6.07 Å². The van der Waals surface area contributed by atoms with Crippen molar-refractivity contribution in [3.8, 4) is 5.75 Å². The molecule has 0 aromatic heterocycles. The lowest BCUT2D eigenvalue weighted by Gasteiger charge is -2.20. The minimum absolute atomic E-state index is 0.00718. The summed E-state index contributed by atoms with van der Waals surface area (Å²) in [6, 6.07) is 5.95. The average Bonchev–Trinajstić information content (AvgIpc) is 2.19. The number of methoxy groups -OCH3 is 1. The van der Waals surface area contributed by atoms with Crippen LogP contribution in [0, 0.1) is 0 Å². The lowest BCUT2D eigenvalue weighted by molar-refractivity contribution is -0.118. The van der Waals surface area contributed by atoms with Crippen molar-refractivity contribution in [3.63, 3.8) is 0 Å². The first-order chi connectivity index (χ1) is 7.20. The molecular formula is C12H13NO2. The Morgan fingerprint density at radius 3 is 2.93 bits per heavy atom. The number of carbonyl (C=O) groups excluding carboxylic acids is 1. The molecule has 1 N–H and O–H groups in total. The standard InChI is InChI=1S/C12H13NO2/c1-8(14)13-7-10-5-9-3-4-11(15-2)6-12(9)10/h3-6H,7H2,1-2H3,(H,13,14). The largest absolute Gasteiger partial charge is 0.497 e. The van der Waals surface area contributed by atoms with Crippen LogP contribution in [0.1, 0.15) is 18.1 Å². The van der Waals surface area contributed by atoms with E-state index in [1.165, 1.54) is 18.1 Å². The van der Waals surface area contributed by atoms with E-state index < -0.39 is 0 Å². The zero-order valence-corrected chi connectivity index (χ0v) is 8.83. The first-order valence-electron chi connectivity index (χ1n) is 4.84. The molecule has 0 unspecified atom stereocenters. The third-order valence-electron chi connectivity index (χ3n) is 2.46. The van der Waals surface area contributed by atoms with Gasteiger partial charge in [0, 0.05) is 13.5 Å². The Balaban J connectivity index is 2.09. The molecule has 0 saturated heterocycles. The Hall–Kier alpha value is -1.77. The number of hydrogen-bond acceptors (Lipinski definition) is 2. The molecule has 2 rings (SSSR count). The van der Waals surface area contributed by atoms with E-state index in [2.05, 4.69) is 11.4 Å². The Morgan fingerprint density at radius 2 is 2.27 bits per heavy atom. The number of amides is 1. The Kier molecular flexibility index (Phi) is 2.46. The summed E-state index contributed by atoms with van der Waals surface area (Å²) in [5.74, 6) is 0.842. The van der Waals surface area contributed by atoms with E-state index >= 15 is 0 Å². The van der Waals surface area contributed by atoms with Gasteiger partial charge >= 0.3 is 0 Å². The molecule has 0 heterocycles. The van der Waals surface area contributed by atoms with Gasteiger partial charge in [-0.15, -0.1) is 0 Å². The molecule has 3 heteroatoms.